The van der Waals surface area contributed by atoms with Gasteiger partial charge in [0.1, 0.15) is 0 Å². The van der Waals surface area contributed by atoms with Gasteiger partial charge in [-0.3, -0.25) is 0 Å². The second kappa shape index (κ2) is 6.75. The highest BCUT2D eigenvalue weighted by Crippen LogP contribution is 2.43. The van der Waals surface area contributed by atoms with Crippen LogP contribution >= 0.6 is 0 Å². The molecule has 2 heteroatoms. The van der Waals surface area contributed by atoms with Gasteiger partial charge in [-0.15, -0.1) is 0 Å². The van der Waals surface area contributed by atoms with Crippen molar-refractivity contribution >= 4 is 0 Å². The van der Waals surface area contributed by atoms with Crippen molar-refractivity contribution in [1.82, 2.24) is 5.32 Å². The van der Waals surface area contributed by atoms with Crippen molar-refractivity contribution in [2.45, 2.75) is 65.7 Å². The van der Waals surface area contributed by atoms with E-state index in [1.54, 1.807) is 0 Å². The molecular weight excluding hydrogens is 208 g/mol. The van der Waals surface area contributed by atoms with Crippen LogP contribution in [0.2, 0.25) is 0 Å². The van der Waals surface area contributed by atoms with Crippen LogP contribution in [0, 0.1) is 10.8 Å². The summed E-state index contributed by atoms with van der Waals surface area (Å²) in [7, 11) is 0. The molecule has 3 N–H and O–H groups in total. The average molecular weight is 240 g/mol. The van der Waals surface area contributed by atoms with Gasteiger partial charge in [-0.1, -0.05) is 27.2 Å². The SMILES string of the molecule is CCC1(CNCCCC(C)(C)CCN)CCC1. The van der Waals surface area contributed by atoms with E-state index < -0.39 is 0 Å². The third-order valence-corrected chi connectivity index (χ3v) is 4.69. The first-order valence-corrected chi connectivity index (χ1v) is 7.44. The third kappa shape index (κ3) is 4.97. The smallest absolute Gasteiger partial charge is 0.000770 e. The van der Waals surface area contributed by atoms with Crippen molar-refractivity contribution in [2.24, 2.45) is 16.6 Å². The quantitative estimate of drug-likeness (QED) is 0.607. The number of nitrogens with one attached hydrogen (secondary N) is 1. The van der Waals surface area contributed by atoms with Gasteiger partial charge in [-0.25, -0.2) is 0 Å². The zero-order valence-electron chi connectivity index (χ0n) is 12.1. The molecule has 0 aromatic carbocycles. The lowest BCUT2D eigenvalue weighted by Gasteiger charge is -2.41. The van der Waals surface area contributed by atoms with Gasteiger partial charge in [0.15, 0.2) is 0 Å². The van der Waals surface area contributed by atoms with Crippen LogP contribution in [-0.2, 0) is 0 Å². The molecule has 1 aliphatic carbocycles. The minimum absolute atomic E-state index is 0.426. The number of hydrogen-bond acceptors (Lipinski definition) is 2. The molecular formula is C15H32N2. The first-order valence-electron chi connectivity index (χ1n) is 7.44. The summed E-state index contributed by atoms with van der Waals surface area (Å²) in [6, 6.07) is 0. The Morgan fingerprint density at radius 1 is 1.24 bits per heavy atom. The molecule has 0 aromatic heterocycles. The van der Waals surface area contributed by atoms with E-state index in [9.17, 15) is 0 Å². The number of nitrogens with two attached hydrogens (primary N) is 1. The van der Waals surface area contributed by atoms with Crippen LogP contribution in [0.15, 0.2) is 0 Å². The molecule has 1 aliphatic rings. The summed E-state index contributed by atoms with van der Waals surface area (Å²) in [6.45, 7) is 10.2. The van der Waals surface area contributed by atoms with Crippen LogP contribution in [0.25, 0.3) is 0 Å². The fraction of sp³-hybridized carbons (Fsp3) is 1.00. The molecule has 2 nitrogen and oxygen atoms in total. The summed E-state index contributed by atoms with van der Waals surface area (Å²) in [5, 5.41) is 3.66. The fourth-order valence-electron chi connectivity index (χ4n) is 2.89. The van der Waals surface area contributed by atoms with Gasteiger partial charge < -0.3 is 11.1 Å². The zero-order chi connectivity index (χ0) is 12.8. The van der Waals surface area contributed by atoms with Crippen LogP contribution < -0.4 is 11.1 Å². The monoisotopic (exact) mass is 240 g/mol. The van der Waals surface area contributed by atoms with Gasteiger partial charge in [0, 0.05) is 6.54 Å². The predicted molar refractivity (Wildman–Crippen MR) is 76.1 cm³/mol. The van der Waals surface area contributed by atoms with Gasteiger partial charge in [0.05, 0.1) is 0 Å². The molecule has 0 aliphatic heterocycles. The van der Waals surface area contributed by atoms with Crippen LogP contribution in [0.1, 0.15) is 65.7 Å². The highest BCUT2D eigenvalue weighted by Gasteiger charge is 2.34. The lowest BCUT2D eigenvalue weighted by molar-refractivity contribution is 0.123. The van der Waals surface area contributed by atoms with E-state index >= 15 is 0 Å². The van der Waals surface area contributed by atoms with Crippen LogP contribution in [0.4, 0.5) is 0 Å². The summed E-state index contributed by atoms with van der Waals surface area (Å²) >= 11 is 0. The summed E-state index contributed by atoms with van der Waals surface area (Å²) in [5.41, 5.74) is 6.72. The summed E-state index contributed by atoms with van der Waals surface area (Å²) in [5.74, 6) is 0. The highest BCUT2D eigenvalue weighted by molar-refractivity contribution is 4.88. The standard InChI is InChI=1S/C15H32N2/c1-4-15(8-5-9-15)13-17-12-6-7-14(2,3)10-11-16/h17H,4-13,16H2,1-3H3. The van der Waals surface area contributed by atoms with E-state index in [1.807, 2.05) is 0 Å². The Hall–Kier alpha value is -0.0800. The third-order valence-electron chi connectivity index (χ3n) is 4.69. The van der Waals surface area contributed by atoms with Gasteiger partial charge >= 0.3 is 0 Å². The maximum absolute atomic E-state index is 5.63. The maximum atomic E-state index is 5.63. The Labute approximate surface area is 108 Å². The Balaban J connectivity index is 2.04. The molecule has 0 heterocycles. The molecule has 0 radical (unpaired) electrons. The van der Waals surface area contributed by atoms with Crippen molar-refractivity contribution in [3.05, 3.63) is 0 Å². The average Bonchev–Trinajstić information content (AvgIpc) is 2.21. The minimum Gasteiger partial charge on any atom is -0.330 e. The summed E-state index contributed by atoms with van der Waals surface area (Å²) < 4.78 is 0. The predicted octanol–water partition coefficient (Wildman–Crippen LogP) is 3.31. The second-order valence-electron chi connectivity index (χ2n) is 6.69. The second-order valence-corrected chi connectivity index (χ2v) is 6.69. The van der Waals surface area contributed by atoms with Crippen molar-refractivity contribution in [2.75, 3.05) is 19.6 Å². The van der Waals surface area contributed by atoms with Gasteiger partial charge in [0.25, 0.3) is 0 Å². The van der Waals surface area contributed by atoms with E-state index in [-0.39, 0.29) is 0 Å². The maximum Gasteiger partial charge on any atom is 0.000770 e. The molecule has 102 valence electrons. The van der Waals surface area contributed by atoms with Gasteiger partial charge in [-0.05, 0) is 62.4 Å². The van der Waals surface area contributed by atoms with Gasteiger partial charge in [0.2, 0.25) is 0 Å². The fourth-order valence-corrected chi connectivity index (χ4v) is 2.89. The first kappa shape index (κ1) is 15.0. The molecule has 17 heavy (non-hydrogen) atoms. The summed E-state index contributed by atoms with van der Waals surface area (Å²) in [6.07, 6.45) is 9.39. The molecule has 0 saturated heterocycles. The van der Waals surface area contributed by atoms with Crippen molar-refractivity contribution in [3.63, 3.8) is 0 Å². The Morgan fingerprint density at radius 2 is 1.94 bits per heavy atom. The molecule has 0 unspecified atom stereocenters. The van der Waals surface area contributed by atoms with Crippen molar-refractivity contribution < 1.29 is 0 Å². The molecule has 0 aromatic rings. The Bertz CT molecular complexity index is 201. The lowest BCUT2D eigenvalue weighted by Crippen LogP contribution is -2.39. The largest absolute Gasteiger partial charge is 0.330 e. The van der Waals surface area contributed by atoms with Crippen LogP contribution in [-0.4, -0.2) is 19.6 Å². The Morgan fingerprint density at radius 3 is 2.41 bits per heavy atom. The molecule has 0 amide bonds. The first-order chi connectivity index (χ1) is 8.04. The van der Waals surface area contributed by atoms with Gasteiger partial charge in [-0.2, -0.15) is 0 Å². The van der Waals surface area contributed by atoms with Crippen molar-refractivity contribution in [1.29, 1.82) is 0 Å². The van der Waals surface area contributed by atoms with E-state index in [0.29, 0.717) is 10.8 Å². The van der Waals surface area contributed by atoms with Crippen LogP contribution in [0.3, 0.4) is 0 Å². The summed E-state index contributed by atoms with van der Waals surface area (Å²) in [4.78, 5) is 0. The molecule has 0 spiro atoms. The normalized spacial score (nSPS) is 19.1. The Kier molecular flexibility index (Phi) is 5.94. The van der Waals surface area contributed by atoms with E-state index in [2.05, 4.69) is 26.1 Å². The molecule has 0 atom stereocenters. The van der Waals surface area contributed by atoms with E-state index in [1.165, 1.54) is 51.6 Å². The lowest BCUT2D eigenvalue weighted by atomic mass is 9.67. The minimum atomic E-state index is 0.426. The zero-order valence-corrected chi connectivity index (χ0v) is 12.1. The van der Waals surface area contributed by atoms with E-state index in [4.69, 9.17) is 5.73 Å². The topological polar surface area (TPSA) is 38.0 Å². The van der Waals surface area contributed by atoms with E-state index in [0.717, 1.165) is 13.0 Å². The number of rotatable bonds is 9. The molecule has 0 bridgehead atoms. The van der Waals surface area contributed by atoms with Crippen molar-refractivity contribution in [3.8, 4) is 0 Å². The molecule has 1 saturated carbocycles. The molecule has 1 rings (SSSR count). The van der Waals surface area contributed by atoms with Crippen LogP contribution in [0.5, 0.6) is 0 Å². The number of hydrogen-bond donors (Lipinski definition) is 2. The highest BCUT2D eigenvalue weighted by atomic mass is 14.9. The molecule has 1 fully saturated rings.